The molecule has 88 valence electrons. The van der Waals surface area contributed by atoms with E-state index in [-0.39, 0.29) is 0 Å². The van der Waals surface area contributed by atoms with E-state index < -0.39 is 0 Å². The molecule has 1 heterocycles. The Kier molecular flexibility index (Phi) is 5.73. The summed E-state index contributed by atoms with van der Waals surface area (Å²) >= 11 is 0. The van der Waals surface area contributed by atoms with Crippen molar-refractivity contribution in [1.29, 1.82) is 0 Å². The van der Waals surface area contributed by atoms with Crippen molar-refractivity contribution in [2.45, 2.75) is 26.7 Å². The predicted octanol–water partition coefficient (Wildman–Crippen LogP) is 2.37. The maximum absolute atomic E-state index is 5.57. The molecular formula is C12H22O3. The van der Waals surface area contributed by atoms with Gasteiger partial charge in [0.25, 0.3) is 0 Å². The smallest absolute Gasteiger partial charge is 0.111 e. The third-order valence-corrected chi connectivity index (χ3v) is 2.75. The van der Waals surface area contributed by atoms with Gasteiger partial charge in [-0.05, 0) is 12.8 Å². The fourth-order valence-corrected chi connectivity index (χ4v) is 1.41. The summed E-state index contributed by atoms with van der Waals surface area (Å²) in [4.78, 5) is 0. The highest BCUT2D eigenvalue weighted by atomic mass is 16.5. The molecule has 3 nitrogen and oxygen atoms in total. The van der Waals surface area contributed by atoms with Crippen LogP contribution in [-0.2, 0) is 14.2 Å². The lowest BCUT2D eigenvalue weighted by Gasteiger charge is -2.40. The first kappa shape index (κ1) is 12.5. The normalized spacial score (nSPS) is 19.1. The minimum Gasteiger partial charge on any atom is -0.499 e. The second-order valence-corrected chi connectivity index (χ2v) is 4.05. The Balaban J connectivity index is 1.94. The van der Waals surface area contributed by atoms with Crippen molar-refractivity contribution in [3.05, 3.63) is 12.3 Å². The van der Waals surface area contributed by atoms with Crippen LogP contribution >= 0.6 is 0 Å². The van der Waals surface area contributed by atoms with E-state index >= 15 is 0 Å². The van der Waals surface area contributed by atoms with Crippen molar-refractivity contribution >= 4 is 0 Å². The number of hydrogen-bond donors (Lipinski definition) is 0. The molecule has 0 amide bonds. The molecule has 0 saturated carbocycles. The van der Waals surface area contributed by atoms with E-state index in [2.05, 4.69) is 13.8 Å². The standard InChI is InChI=1S/C12H22O3/c1-3-5-6-13-7-8-14-9-12(4-2)10-15-11-12/h5-6H,3-4,7-11H2,1-2H3. The van der Waals surface area contributed by atoms with Gasteiger partial charge in [0, 0.05) is 5.41 Å². The van der Waals surface area contributed by atoms with Crippen LogP contribution in [0.3, 0.4) is 0 Å². The first-order valence-electron chi connectivity index (χ1n) is 5.75. The summed E-state index contributed by atoms with van der Waals surface area (Å²) in [6.45, 7) is 8.06. The van der Waals surface area contributed by atoms with Crippen LogP contribution in [0, 0.1) is 5.41 Å². The van der Waals surface area contributed by atoms with Crippen LogP contribution in [0.1, 0.15) is 26.7 Å². The van der Waals surface area contributed by atoms with Gasteiger partial charge in [-0.3, -0.25) is 0 Å². The van der Waals surface area contributed by atoms with E-state index in [4.69, 9.17) is 14.2 Å². The Hall–Kier alpha value is -0.540. The largest absolute Gasteiger partial charge is 0.499 e. The zero-order valence-corrected chi connectivity index (χ0v) is 9.83. The van der Waals surface area contributed by atoms with Gasteiger partial charge in [0.05, 0.1) is 32.7 Å². The molecule has 15 heavy (non-hydrogen) atoms. The molecule has 0 bridgehead atoms. The topological polar surface area (TPSA) is 27.7 Å². The molecule has 1 rings (SSSR count). The van der Waals surface area contributed by atoms with Gasteiger partial charge in [0.15, 0.2) is 0 Å². The summed E-state index contributed by atoms with van der Waals surface area (Å²) in [7, 11) is 0. The Labute approximate surface area is 92.4 Å². The van der Waals surface area contributed by atoms with Gasteiger partial charge in [-0.1, -0.05) is 19.9 Å². The number of ether oxygens (including phenoxy) is 3. The van der Waals surface area contributed by atoms with Crippen LogP contribution in [0.15, 0.2) is 12.3 Å². The first-order chi connectivity index (χ1) is 7.33. The highest BCUT2D eigenvalue weighted by Gasteiger charge is 2.36. The van der Waals surface area contributed by atoms with Crippen molar-refractivity contribution in [3.63, 3.8) is 0 Å². The Morgan fingerprint density at radius 1 is 1.27 bits per heavy atom. The van der Waals surface area contributed by atoms with Crippen LogP contribution in [0.4, 0.5) is 0 Å². The summed E-state index contributed by atoms with van der Waals surface area (Å²) in [6.07, 6.45) is 5.87. The van der Waals surface area contributed by atoms with E-state index in [9.17, 15) is 0 Å². The highest BCUT2D eigenvalue weighted by molar-refractivity contribution is 4.83. The average Bonchev–Trinajstić information content (AvgIpc) is 2.20. The maximum atomic E-state index is 5.57. The van der Waals surface area contributed by atoms with Crippen molar-refractivity contribution in [2.24, 2.45) is 5.41 Å². The van der Waals surface area contributed by atoms with Gasteiger partial charge in [-0.25, -0.2) is 0 Å². The second kappa shape index (κ2) is 6.85. The summed E-state index contributed by atoms with van der Waals surface area (Å²) in [5, 5.41) is 0. The quantitative estimate of drug-likeness (QED) is 0.458. The number of hydrogen-bond acceptors (Lipinski definition) is 3. The minimum absolute atomic E-state index is 0.291. The average molecular weight is 214 g/mol. The van der Waals surface area contributed by atoms with Crippen molar-refractivity contribution < 1.29 is 14.2 Å². The summed E-state index contributed by atoms with van der Waals surface area (Å²) in [5.74, 6) is 0. The number of allylic oxidation sites excluding steroid dienone is 1. The molecule has 0 atom stereocenters. The molecule has 0 aromatic heterocycles. The van der Waals surface area contributed by atoms with Gasteiger partial charge in [-0.15, -0.1) is 0 Å². The molecule has 1 aliphatic heterocycles. The Bertz CT molecular complexity index is 180. The minimum atomic E-state index is 0.291. The SMILES string of the molecule is CCC=COCCOCC1(CC)COC1. The van der Waals surface area contributed by atoms with Crippen LogP contribution in [-0.4, -0.2) is 33.0 Å². The molecule has 1 fully saturated rings. The predicted molar refractivity (Wildman–Crippen MR) is 59.7 cm³/mol. The fourth-order valence-electron chi connectivity index (χ4n) is 1.41. The first-order valence-corrected chi connectivity index (χ1v) is 5.75. The maximum Gasteiger partial charge on any atom is 0.111 e. The lowest BCUT2D eigenvalue weighted by atomic mass is 9.84. The number of rotatable bonds is 8. The monoisotopic (exact) mass is 214 g/mol. The zero-order valence-electron chi connectivity index (χ0n) is 9.83. The van der Waals surface area contributed by atoms with Crippen molar-refractivity contribution in [3.8, 4) is 0 Å². The molecule has 0 radical (unpaired) electrons. The molecule has 1 saturated heterocycles. The lowest BCUT2D eigenvalue weighted by molar-refractivity contribution is -0.151. The van der Waals surface area contributed by atoms with E-state index in [1.807, 2.05) is 6.08 Å². The van der Waals surface area contributed by atoms with Crippen molar-refractivity contribution in [1.82, 2.24) is 0 Å². The van der Waals surface area contributed by atoms with Crippen LogP contribution in [0.5, 0.6) is 0 Å². The summed E-state index contributed by atoms with van der Waals surface area (Å²) < 4.78 is 16.0. The molecule has 0 N–H and O–H groups in total. The molecular weight excluding hydrogens is 192 g/mol. The molecule has 0 aromatic carbocycles. The van der Waals surface area contributed by atoms with Crippen LogP contribution in [0.25, 0.3) is 0 Å². The van der Waals surface area contributed by atoms with Gasteiger partial charge in [-0.2, -0.15) is 0 Å². The molecule has 1 aliphatic rings. The summed E-state index contributed by atoms with van der Waals surface area (Å²) in [5.41, 5.74) is 0.291. The Morgan fingerprint density at radius 3 is 2.60 bits per heavy atom. The van der Waals surface area contributed by atoms with E-state index in [1.165, 1.54) is 0 Å². The third kappa shape index (κ3) is 4.22. The van der Waals surface area contributed by atoms with Gasteiger partial charge in [0.1, 0.15) is 6.61 Å². The third-order valence-electron chi connectivity index (χ3n) is 2.75. The van der Waals surface area contributed by atoms with Gasteiger partial charge >= 0.3 is 0 Å². The molecule has 0 unspecified atom stereocenters. The molecule has 3 heteroatoms. The van der Waals surface area contributed by atoms with Gasteiger partial charge in [0.2, 0.25) is 0 Å². The lowest BCUT2D eigenvalue weighted by Crippen LogP contribution is -2.45. The molecule has 0 spiro atoms. The van der Waals surface area contributed by atoms with Crippen molar-refractivity contribution in [2.75, 3.05) is 33.0 Å². The Morgan fingerprint density at radius 2 is 2.07 bits per heavy atom. The highest BCUT2D eigenvalue weighted by Crippen LogP contribution is 2.31. The second-order valence-electron chi connectivity index (χ2n) is 4.05. The zero-order chi connectivity index (χ0) is 11.0. The molecule has 0 aromatic rings. The van der Waals surface area contributed by atoms with Crippen LogP contribution in [0.2, 0.25) is 0 Å². The van der Waals surface area contributed by atoms with E-state index in [1.54, 1.807) is 6.26 Å². The van der Waals surface area contributed by atoms with E-state index in [0.29, 0.717) is 18.6 Å². The molecule has 0 aliphatic carbocycles. The van der Waals surface area contributed by atoms with Crippen LogP contribution < -0.4 is 0 Å². The fraction of sp³-hybridized carbons (Fsp3) is 0.833. The van der Waals surface area contributed by atoms with Gasteiger partial charge < -0.3 is 14.2 Å². The van der Waals surface area contributed by atoms with E-state index in [0.717, 1.165) is 32.7 Å². The summed E-state index contributed by atoms with van der Waals surface area (Å²) in [6, 6.07) is 0.